The van der Waals surface area contributed by atoms with E-state index in [0.29, 0.717) is 34.7 Å². The number of carbonyl (C=O) groups is 2. The summed E-state index contributed by atoms with van der Waals surface area (Å²) in [6, 6.07) is 13.0. The second-order valence-corrected chi connectivity index (χ2v) is 11.9. The minimum atomic E-state index is -0.612. The number of hydrogen-bond donors (Lipinski definition) is 3. The molecular weight excluding hydrogens is 630 g/mol. The van der Waals surface area contributed by atoms with Crippen molar-refractivity contribution in [3.05, 3.63) is 112 Å². The number of nitrogens with zero attached hydrogens (tertiary/aromatic N) is 5. The highest BCUT2D eigenvalue weighted by molar-refractivity contribution is 6.04. The van der Waals surface area contributed by atoms with Crippen molar-refractivity contribution in [1.29, 1.82) is 0 Å². The lowest BCUT2D eigenvalue weighted by Crippen LogP contribution is -2.27. The number of imidazole rings is 1. The molecule has 0 aliphatic carbocycles. The van der Waals surface area contributed by atoms with Crippen LogP contribution in [0.1, 0.15) is 49.3 Å². The summed E-state index contributed by atoms with van der Waals surface area (Å²) in [7, 11) is 5.27. The maximum atomic E-state index is 16.0. The zero-order chi connectivity index (χ0) is 34.8. The van der Waals surface area contributed by atoms with Crippen LogP contribution in [0.5, 0.6) is 5.75 Å². The Balaban J connectivity index is 1.19. The molecule has 5 aromatic rings. The van der Waals surface area contributed by atoms with Gasteiger partial charge in [-0.1, -0.05) is 24.3 Å². The lowest BCUT2D eigenvalue weighted by atomic mass is 9.98. The first-order valence-corrected chi connectivity index (χ1v) is 15.7. The largest absolute Gasteiger partial charge is 0.496 e. The number of amides is 2. The van der Waals surface area contributed by atoms with Crippen molar-refractivity contribution in [3.8, 4) is 16.9 Å². The van der Waals surface area contributed by atoms with Crippen molar-refractivity contribution >= 4 is 28.9 Å². The van der Waals surface area contributed by atoms with E-state index in [1.54, 1.807) is 55.8 Å². The summed E-state index contributed by atoms with van der Waals surface area (Å²) < 4.78 is 37.7. The third kappa shape index (κ3) is 6.70. The molecule has 3 aromatic heterocycles. The van der Waals surface area contributed by atoms with Gasteiger partial charge in [-0.2, -0.15) is 0 Å². The Kier molecular flexibility index (Phi) is 9.36. The highest BCUT2D eigenvalue weighted by atomic mass is 19.1. The first-order chi connectivity index (χ1) is 23.5. The third-order valence-electron chi connectivity index (χ3n) is 8.70. The fourth-order valence-corrected chi connectivity index (χ4v) is 5.91. The number of benzene rings is 2. The van der Waals surface area contributed by atoms with Crippen LogP contribution in [0.4, 0.5) is 25.8 Å². The SMILES string of the molecule is COc1cc(C(=O)Nc2cccc(-c3cccc(NC(=O)c4nc5c(n4C)CCN(C)C5)c3F)c2C)ncc1CNc1ccnc(C)c1F. The second-order valence-electron chi connectivity index (χ2n) is 11.9. The number of carbonyl (C=O) groups excluding carboxylic acids is 2. The van der Waals surface area contributed by atoms with Crippen LogP contribution in [-0.4, -0.2) is 56.9 Å². The summed E-state index contributed by atoms with van der Waals surface area (Å²) >= 11 is 0. The van der Waals surface area contributed by atoms with Gasteiger partial charge in [-0.15, -0.1) is 0 Å². The number of methoxy groups -OCH3 is 1. The fraction of sp³-hybridized carbons (Fsp3) is 0.250. The van der Waals surface area contributed by atoms with E-state index in [9.17, 15) is 14.0 Å². The van der Waals surface area contributed by atoms with Crippen LogP contribution in [0.2, 0.25) is 0 Å². The maximum absolute atomic E-state index is 16.0. The van der Waals surface area contributed by atoms with Crippen molar-refractivity contribution in [2.75, 3.05) is 36.7 Å². The predicted molar refractivity (Wildman–Crippen MR) is 183 cm³/mol. The molecule has 0 saturated carbocycles. The summed E-state index contributed by atoms with van der Waals surface area (Å²) in [5.41, 5.74) is 4.99. The normalized spacial score (nSPS) is 12.7. The van der Waals surface area contributed by atoms with Crippen LogP contribution >= 0.6 is 0 Å². The van der Waals surface area contributed by atoms with E-state index < -0.39 is 23.4 Å². The van der Waals surface area contributed by atoms with Crippen molar-refractivity contribution in [3.63, 3.8) is 0 Å². The average molecular weight is 667 g/mol. The number of fused-ring (bicyclic) bond motifs is 1. The third-order valence-corrected chi connectivity index (χ3v) is 8.70. The summed E-state index contributed by atoms with van der Waals surface area (Å²) in [6.07, 6.45) is 3.78. The number of nitrogens with one attached hydrogen (secondary N) is 3. The van der Waals surface area contributed by atoms with E-state index >= 15 is 4.39 Å². The van der Waals surface area contributed by atoms with E-state index in [2.05, 4.69) is 35.8 Å². The van der Waals surface area contributed by atoms with Crippen molar-refractivity contribution in [1.82, 2.24) is 24.4 Å². The predicted octanol–water partition coefficient (Wildman–Crippen LogP) is 5.89. The van der Waals surface area contributed by atoms with Gasteiger partial charge < -0.3 is 30.2 Å². The minimum Gasteiger partial charge on any atom is -0.496 e. The van der Waals surface area contributed by atoms with Gasteiger partial charge in [0.05, 0.1) is 29.9 Å². The highest BCUT2D eigenvalue weighted by Gasteiger charge is 2.25. The number of aryl methyl sites for hydroxylation is 1. The molecule has 0 bridgehead atoms. The molecule has 1 aliphatic rings. The van der Waals surface area contributed by atoms with Crippen LogP contribution in [-0.2, 0) is 26.6 Å². The Morgan fingerprint density at radius 2 is 1.65 bits per heavy atom. The lowest BCUT2D eigenvalue weighted by Gasteiger charge is -2.21. The Morgan fingerprint density at radius 3 is 2.43 bits per heavy atom. The molecular formula is C36H36F2N8O3. The molecule has 6 rings (SSSR count). The van der Waals surface area contributed by atoms with Gasteiger partial charge in [-0.25, -0.2) is 13.8 Å². The quantitative estimate of drug-likeness (QED) is 0.178. The molecule has 4 heterocycles. The number of aromatic nitrogens is 4. The van der Waals surface area contributed by atoms with Crippen LogP contribution in [0.3, 0.4) is 0 Å². The Bertz CT molecular complexity index is 2080. The van der Waals surface area contributed by atoms with E-state index in [-0.39, 0.29) is 40.7 Å². The van der Waals surface area contributed by atoms with Gasteiger partial charge in [0.2, 0.25) is 0 Å². The molecule has 0 spiro atoms. The van der Waals surface area contributed by atoms with Crippen LogP contribution < -0.4 is 20.7 Å². The maximum Gasteiger partial charge on any atom is 0.291 e. The molecule has 11 nitrogen and oxygen atoms in total. The van der Waals surface area contributed by atoms with Gasteiger partial charge in [0, 0.05) is 74.1 Å². The second kappa shape index (κ2) is 13.8. The van der Waals surface area contributed by atoms with Gasteiger partial charge >= 0.3 is 0 Å². The summed E-state index contributed by atoms with van der Waals surface area (Å²) in [4.78, 5) is 41.5. The summed E-state index contributed by atoms with van der Waals surface area (Å²) in [5.74, 6) is -1.45. The molecule has 13 heteroatoms. The van der Waals surface area contributed by atoms with Crippen LogP contribution in [0.25, 0.3) is 11.1 Å². The van der Waals surface area contributed by atoms with E-state index in [1.165, 1.54) is 37.7 Å². The van der Waals surface area contributed by atoms with Crippen LogP contribution in [0.15, 0.2) is 60.9 Å². The summed E-state index contributed by atoms with van der Waals surface area (Å²) in [6.45, 7) is 5.07. The fourth-order valence-electron chi connectivity index (χ4n) is 5.91. The molecule has 2 amide bonds. The smallest absolute Gasteiger partial charge is 0.291 e. The highest BCUT2D eigenvalue weighted by Crippen LogP contribution is 2.34. The zero-order valence-corrected chi connectivity index (χ0v) is 27.8. The topological polar surface area (TPSA) is 126 Å². The first-order valence-electron chi connectivity index (χ1n) is 15.7. The van der Waals surface area contributed by atoms with Crippen molar-refractivity contribution < 1.29 is 23.1 Å². The molecule has 0 atom stereocenters. The average Bonchev–Trinajstić information content (AvgIpc) is 3.42. The molecule has 2 aromatic carbocycles. The van der Waals surface area contributed by atoms with E-state index in [4.69, 9.17) is 4.74 Å². The van der Waals surface area contributed by atoms with Gasteiger partial charge in [0.25, 0.3) is 11.8 Å². The monoisotopic (exact) mass is 666 g/mol. The Hall–Kier alpha value is -5.69. The molecule has 49 heavy (non-hydrogen) atoms. The number of rotatable bonds is 9. The molecule has 0 fully saturated rings. The molecule has 0 unspecified atom stereocenters. The van der Waals surface area contributed by atoms with Crippen molar-refractivity contribution in [2.24, 2.45) is 7.05 Å². The molecule has 0 saturated heterocycles. The molecule has 0 radical (unpaired) electrons. The van der Waals surface area contributed by atoms with Gasteiger partial charge in [-0.05, 0) is 50.2 Å². The van der Waals surface area contributed by atoms with Gasteiger partial charge in [-0.3, -0.25) is 19.6 Å². The molecule has 252 valence electrons. The lowest BCUT2D eigenvalue weighted by molar-refractivity contribution is 0.100. The van der Waals surface area contributed by atoms with Gasteiger partial charge in [0.15, 0.2) is 17.5 Å². The van der Waals surface area contributed by atoms with E-state index in [0.717, 1.165) is 24.4 Å². The van der Waals surface area contributed by atoms with Crippen LogP contribution in [0, 0.1) is 25.5 Å². The molecule has 3 N–H and O–H groups in total. The number of halogens is 2. The Labute approximate surface area is 282 Å². The standard InChI is InChI=1S/C36H36F2N8O3/c1-20-23(24-9-7-11-27(33(24)38)44-36(48)34-42-29-19-45(3)15-13-30(29)46(34)4)8-6-10-25(20)43-35(47)28-16-31(49-5)22(18-41-28)17-40-26-12-14-39-21(2)32(26)37/h6-12,14,16,18H,13,15,17,19H2,1-5H3,(H,39,40)(H,43,47)(H,44,48). The molecule has 1 aliphatic heterocycles. The number of anilines is 3. The number of likely N-dealkylation sites (N-methyl/N-ethyl adjacent to an activating group) is 1. The Morgan fingerprint density at radius 1 is 0.918 bits per heavy atom. The van der Waals surface area contributed by atoms with E-state index in [1.807, 2.05) is 7.05 Å². The number of hydrogen-bond acceptors (Lipinski definition) is 8. The zero-order valence-electron chi connectivity index (χ0n) is 27.8. The number of pyridine rings is 2. The summed E-state index contributed by atoms with van der Waals surface area (Å²) in [5, 5.41) is 8.57. The first kappa shape index (κ1) is 33.2. The van der Waals surface area contributed by atoms with Gasteiger partial charge in [0.1, 0.15) is 11.4 Å². The number of ether oxygens (including phenoxy) is 1. The van der Waals surface area contributed by atoms with Crippen molar-refractivity contribution in [2.45, 2.75) is 33.4 Å². The minimum absolute atomic E-state index is 0.0158.